The number of rotatable bonds is 6. The molecule has 5 nitrogen and oxygen atoms in total. The summed E-state index contributed by atoms with van der Waals surface area (Å²) < 4.78 is 0. The molecule has 0 aliphatic heterocycles. The molecule has 0 radical (unpaired) electrons. The van der Waals surface area contributed by atoms with Crippen molar-refractivity contribution < 1.29 is 0 Å². The molecule has 234 valence electrons. The van der Waals surface area contributed by atoms with E-state index in [2.05, 4.69) is 117 Å². The Bertz CT molecular complexity index is 2010. The first-order valence-corrected chi connectivity index (χ1v) is 16.2. The number of nitrogens with zero attached hydrogens (tertiary/aromatic N) is 5. The third kappa shape index (κ3) is 5.91. The number of aromatic nitrogens is 5. The minimum Gasteiger partial charge on any atom is -0.256 e. The lowest BCUT2D eigenvalue weighted by Crippen LogP contribution is -2.01. The summed E-state index contributed by atoms with van der Waals surface area (Å²) in [7, 11) is 0. The maximum Gasteiger partial charge on any atom is 0.160 e. The first-order chi connectivity index (χ1) is 23.3. The first kappa shape index (κ1) is 30.8. The quantitative estimate of drug-likeness (QED) is 0.184. The van der Waals surface area contributed by atoms with Crippen molar-refractivity contribution in [3.05, 3.63) is 149 Å². The fourth-order valence-electron chi connectivity index (χ4n) is 6.48. The molecule has 0 bridgehead atoms. The van der Waals surface area contributed by atoms with Gasteiger partial charge in [-0.05, 0) is 154 Å². The predicted molar refractivity (Wildman–Crippen MR) is 196 cm³/mol. The molecule has 0 spiro atoms. The van der Waals surface area contributed by atoms with Gasteiger partial charge in [-0.2, -0.15) is 0 Å². The highest BCUT2D eigenvalue weighted by atomic mass is 14.9. The molecule has 0 aliphatic rings. The van der Waals surface area contributed by atoms with Gasteiger partial charge in [0, 0.05) is 52.0 Å². The smallest absolute Gasteiger partial charge is 0.160 e. The van der Waals surface area contributed by atoms with Crippen molar-refractivity contribution in [3.63, 3.8) is 0 Å². The van der Waals surface area contributed by atoms with Crippen molar-refractivity contribution in [2.45, 2.75) is 41.5 Å². The van der Waals surface area contributed by atoms with Crippen molar-refractivity contribution in [3.8, 4) is 67.7 Å². The largest absolute Gasteiger partial charge is 0.256 e. The van der Waals surface area contributed by atoms with Crippen LogP contribution in [-0.2, 0) is 0 Å². The fourth-order valence-corrected chi connectivity index (χ4v) is 6.48. The van der Waals surface area contributed by atoms with E-state index in [4.69, 9.17) is 9.97 Å². The standard InChI is InChI=1S/C43H37N5/c1-26-21-35(28(3)19-32(26)38-13-7-10-16-44-38)41-25-42(36-22-27(2)33(20-29(36)4)39-14-8-11-17-45-39)48-43(47-41)37-24-30(5)34(23-31(37)6)40-15-9-12-18-46-40/h7-25H,1-6H3. The van der Waals surface area contributed by atoms with Crippen LogP contribution in [0, 0.1) is 41.5 Å². The molecule has 7 rings (SSSR count). The molecule has 0 fully saturated rings. The van der Waals surface area contributed by atoms with Crippen LogP contribution in [0.25, 0.3) is 67.7 Å². The van der Waals surface area contributed by atoms with Crippen LogP contribution in [0.1, 0.15) is 33.4 Å². The summed E-state index contributed by atoms with van der Waals surface area (Å²) in [6.45, 7) is 12.8. The Morgan fingerprint density at radius 2 is 0.604 bits per heavy atom. The summed E-state index contributed by atoms with van der Waals surface area (Å²) in [6.07, 6.45) is 5.52. The van der Waals surface area contributed by atoms with Crippen LogP contribution in [0.4, 0.5) is 0 Å². The Morgan fingerprint density at radius 3 is 0.917 bits per heavy atom. The van der Waals surface area contributed by atoms with Gasteiger partial charge in [0.25, 0.3) is 0 Å². The van der Waals surface area contributed by atoms with Gasteiger partial charge in [-0.1, -0.05) is 18.2 Å². The zero-order chi connectivity index (χ0) is 33.4. The van der Waals surface area contributed by atoms with Gasteiger partial charge in [0.1, 0.15) is 0 Å². The highest BCUT2D eigenvalue weighted by Gasteiger charge is 2.19. The lowest BCUT2D eigenvalue weighted by molar-refractivity contribution is 1.16. The van der Waals surface area contributed by atoms with E-state index in [1.807, 2.05) is 55.0 Å². The van der Waals surface area contributed by atoms with Gasteiger partial charge in [-0.15, -0.1) is 0 Å². The Labute approximate surface area is 282 Å². The third-order valence-electron chi connectivity index (χ3n) is 9.06. The van der Waals surface area contributed by atoms with E-state index in [1.165, 1.54) is 0 Å². The molecule has 0 saturated heterocycles. The topological polar surface area (TPSA) is 64.5 Å². The minimum atomic E-state index is 0.701. The van der Waals surface area contributed by atoms with E-state index >= 15 is 0 Å². The van der Waals surface area contributed by atoms with Crippen LogP contribution < -0.4 is 0 Å². The minimum absolute atomic E-state index is 0.701. The van der Waals surface area contributed by atoms with Crippen molar-refractivity contribution in [1.82, 2.24) is 24.9 Å². The van der Waals surface area contributed by atoms with Crippen molar-refractivity contribution in [2.24, 2.45) is 0 Å². The molecule has 0 N–H and O–H groups in total. The SMILES string of the molecule is Cc1cc(-c2cc(-c3cc(C)c(-c4ccccn4)cc3C)nc(-c3cc(C)c(-c4ccccn4)cc3C)n2)c(C)cc1-c1ccccn1. The van der Waals surface area contributed by atoms with E-state index in [0.717, 1.165) is 95.2 Å². The van der Waals surface area contributed by atoms with E-state index in [1.54, 1.807) is 0 Å². The van der Waals surface area contributed by atoms with Gasteiger partial charge in [-0.3, -0.25) is 15.0 Å². The molecule has 0 unspecified atom stereocenters. The van der Waals surface area contributed by atoms with Crippen LogP contribution in [0.2, 0.25) is 0 Å². The number of benzene rings is 3. The highest BCUT2D eigenvalue weighted by molar-refractivity contribution is 5.81. The average Bonchev–Trinajstić information content (AvgIpc) is 3.11. The fraction of sp³-hybridized carbons (Fsp3) is 0.140. The molecule has 5 heteroatoms. The maximum atomic E-state index is 5.27. The molecule has 0 atom stereocenters. The normalized spacial score (nSPS) is 11.1. The zero-order valence-electron chi connectivity index (χ0n) is 28.2. The second kappa shape index (κ2) is 12.8. The summed E-state index contributed by atoms with van der Waals surface area (Å²) in [4.78, 5) is 24.4. The average molecular weight is 624 g/mol. The van der Waals surface area contributed by atoms with E-state index in [-0.39, 0.29) is 0 Å². The van der Waals surface area contributed by atoms with Crippen LogP contribution >= 0.6 is 0 Å². The van der Waals surface area contributed by atoms with E-state index in [0.29, 0.717) is 5.82 Å². The first-order valence-electron chi connectivity index (χ1n) is 16.2. The van der Waals surface area contributed by atoms with Gasteiger partial charge in [0.05, 0.1) is 28.5 Å². The molecule has 7 aromatic rings. The van der Waals surface area contributed by atoms with Crippen molar-refractivity contribution in [1.29, 1.82) is 0 Å². The summed E-state index contributed by atoms with van der Waals surface area (Å²) in [5.74, 6) is 0.701. The van der Waals surface area contributed by atoms with Gasteiger partial charge in [-0.25, -0.2) is 9.97 Å². The number of pyridine rings is 3. The number of aryl methyl sites for hydroxylation is 6. The Hall–Kier alpha value is -5.81. The van der Waals surface area contributed by atoms with Gasteiger partial charge < -0.3 is 0 Å². The second-order valence-corrected chi connectivity index (χ2v) is 12.6. The van der Waals surface area contributed by atoms with Crippen molar-refractivity contribution in [2.75, 3.05) is 0 Å². The third-order valence-corrected chi connectivity index (χ3v) is 9.06. The summed E-state index contributed by atoms with van der Waals surface area (Å²) >= 11 is 0. The molecule has 3 aromatic carbocycles. The summed E-state index contributed by atoms with van der Waals surface area (Å²) in [5.41, 5.74) is 18.0. The van der Waals surface area contributed by atoms with Gasteiger partial charge in [0.2, 0.25) is 0 Å². The van der Waals surface area contributed by atoms with Crippen LogP contribution in [-0.4, -0.2) is 24.9 Å². The molecular weight excluding hydrogens is 587 g/mol. The van der Waals surface area contributed by atoms with Crippen LogP contribution in [0.15, 0.2) is 116 Å². The van der Waals surface area contributed by atoms with E-state index < -0.39 is 0 Å². The Balaban J connectivity index is 1.42. The molecule has 0 amide bonds. The second-order valence-electron chi connectivity index (χ2n) is 12.6. The molecular formula is C43H37N5. The van der Waals surface area contributed by atoms with Gasteiger partial charge >= 0.3 is 0 Å². The van der Waals surface area contributed by atoms with Gasteiger partial charge in [0.15, 0.2) is 5.82 Å². The number of hydrogen-bond donors (Lipinski definition) is 0. The molecule has 4 heterocycles. The Morgan fingerprint density at radius 1 is 0.312 bits per heavy atom. The summed E-state index contributed by atoms with van der Waals surface area (Å²) in [6, 6.07) is 33.6. The number of hydrogen-bond acceptors (Lipinski definition) is 5. The monoisotopic (exact) mass is 623 g/mol. The van der Waals surface area contributed by atoms with Crippen LogP contribution in [0.3, 0.4) is 0 Å². The maximum absolute atomic E-state index is 5.27. The van der Waals surface area contributed by atoms with Crippen LogP contribution in [0.5, 0.6) is 0 Å². The van der Waals surface area contributed by atoms with Crippen molar-refractivity contribution >= 4 is 0 Å². The van der Waals surface area contributed by atoms with E-state index in [9.17, 15) is 0 Å². The molecule has 0 aliphatic carbocycles. The lowest BCUT2D eigenvalue weighted by atomic mass is 9.93. The summed E-state index contributed by atoms with van der Waals surface area (Å²) in [5, 5.41) is 0. The lowest BCUT2D eigenvalue weighted by Gasteiger charge is -2.17. The highest BCUT2D eigenvalue weighted by Crippen LogP contribution is 2.37. The zero-order valence-corrected chi connectivity index (χ0v) is 28.2. The molecule has 0 saturated carbocycles. The molecule has 4 aromatic heterocycles. The Kier molecular flexibility index (Phi) is 8.20. The molecule has 48 heavy (non-hydrogen) atoms. The predicted octanol–water partition coefficient (Wildman–Crippen LogP) is 10.5.